The minimum Gasteiger partial charge on any atom is -0.394 e. The van der Waals surface area contributed by atoms with Crippen LogP contribution in [0.15, 0.2) is 23.6 Å². The third kappa shape index (κ3) is 3.15. The molecule has 0 saturated heterocycles. The molecule has 2 heterocycles. The third-order valence-electron chi connectivity index (χ3n) is 2.02. The number of nitrogens with zero attached hydrogens (tertiary/aromatic N) is 5. The lowest BCUT2D eigenvalue weighted by atomic mass is 10.3. The Balaban J connectivity index is 2.02. The fraction of sp³-hybridized carbons (Fsp3) is 0.333. The van der Waals surface area contributed by atoms with Gasteiger partial charge >= 0.3 is 0 Å². The van der Waals surface area contributed by atoms with E-state index in [1.165, 1.54) is 11.8 Å². The van der Waals surface area contributed by atoms with Gasteiger partial charge in [0.05, 0.1) is 18.2 Å². The predicted molar refractivity (Wildman–Crippen MR) is 63.7 cm³/mol. The molecule has 0 bridgehead atoms. The largest absolute Gasteiger partial charge is 0.394 e. The van der Waals surface area contributed by atoms with Gasteiger partial charge in [-0.2, -0.15) is 0 Å². The summed E-state index contributed by atoms with van der Waals surface area (Å²) in [6.07, 6.45) is 3.30. The average Bonchev–Trinajstić information content (AvgIpc) is 2.76. The predicted octanol–water partition coefficient (Wildman–Crippen LogP) is 1.01. The summed E-state index contributed by atoms with van der Waals surface area (Å²) < 4.78 is 1.56. The van der Waals surface area contributed by atoms with Crippen LogP contribution in [0.3, 0.4) is 0 Å². The minimum atomic E-state index is 0.00854. The fourth-order valence-corrected chi connectivity index (χ4v) is 2.37. The molecule has 0 amide bonds. The maximum Gasteiger partial charge on any atom is 0.209 e. The Morgan fingerprint density at radius 3 is 3.12 bits per heavy atom. The average molecular weight is 272 g/mol. The molecule has 2 aromatic rings. The lowest BCUT2D eigenvalue weighted by molar-refractivity contribution is 0.262. The van der Waals surface area contributed by atoms with Gasteiger partial charge in [-0.15, -0.1) is 5.10 Å². The first-order valence-corrected chi connectivity index (χ1v) is 6.26. The Bertz CT molecular complexity index is 492. The maximum absolute atomic E-state index is 8.84. The van der Waals surface area contributed by atoms with E-state index in [4.69, 9.17) is 16.7 Å². The van der Waals surface area contributed by atoms with Gasteiger partial charge in [0.15, 0.2) is 0 Å². The maximum atomic E-state index is 8.84. The highest BCUT2D eigenvalue weighted by Crippen LogP contribution is 2.23. The van der Waals surface area contributed by atoms with Crippen LogP contribution < -0.4 is 0 Å². The molecule has 0 radical (unpaired) electrons. The van der Waals surface area contributed by atoms with Crippen LogP contribution >= 0.6 is 23.4 Å². The number of tetrazole rings is 1. The zero-order chi connectivity index (χ0) is 12.1. The smallest absolute Gasteiger partial charge is 0.209 e. The highest BCUT2D eigenvalue weighted by Gasteiger charge is 2.07. The van der Waals surface area contributed by atoms with Crippen molar-refractivity contribution in [2.45, 2.75) is 17.5 Å². The van der Waals surface area contributed by atoms with Gasteiger partial charge in [0.25, 0.3) is 0 Å². The Hall–Kier alpha value is -1.18. The molecule has 0 aromatic carbocycles. The molecule has 2 rings (SSSR count). The first-order chi connectivity index (χ1) is 8.31. The normalized spacial score (nSPS) is 10.7. The number of aromatic nitrogens is 5. The number of hydrogen-bond donors (Lipinski definition) is 1. The zero-order valence-electron chi connectivity index (χ0n) is 8.82. The molecule has 90 valence electrons. The number of halogens is 1. The Labute approximate surface area is 107 Å². The summed E-state index contributed by atoms with van der Waals surface area (Å²) in [4.78, 5) is 3.92. The van der Waals surface area contributed by atoms with E-state index >= 15 is 0 Å². The van der Waals surface area contributed by atoms with E-state index in [-0.39, 0.29) is 6.61 Å². The van der Waals surface area contributed by atoms with Gasteiger partial charge in [0.1, 0.15) is 0 Å². The van der Waals surface area contributed by atoms with Crippen molar-refractivity contribution in [1.29, 1.82) is 0 Å². The quantitative estimate of drug-likeness (QED) is 0.818. The van der Waals surface area contributed by atoms with Crippen molar-refractivity contribution in [2.75, 3.05) is 6.61 Å². The molecule has 0 saturated carbocycles. The zero-order valence-corrected chi connectivity index (χ0v) is 10.4. The molecule has 0 aliphatic heterocycles. The second-order valence-corrected chi connectivity index (χ2v) is 4.51. The van der Waals surface area contributed by atoms with Crippen molar-refractivity contribution in [2.24, 2.45) is 0 Å². The fourth-order valence-electron chi connectivity index (χ4n) is 1.20. The minimum absolute atomic E-state index is 0.00854. The van der Waals surface area contributed by atoms with E-state index in [2.05, 4.69) is 20.5 Å². The first kappa shape index (κ1) is 12.3. The molecule has 0 spiro atoms. The van der Waals surface area contributed by atoms with Gasteiger partial charge in [-0.3, -0.25) is 4.98 Å². The van der Waals surface area contributed by atoms with Crippen LogP contribution in [0, 0.1) is 0 Å². The van der Waals surface area contributed by atoms with Gasteiger partial charge < -0.3 is 5.11 Å². The summed E-state index contributed by atoms with van der Waals surface area (Å²) in [5, 5.41) is 21.3. The van der Waals surface area contributed by atoms with Crippen LogP contribution in [0.1, 0.15) is 5.56 Å². The Kier molecular flexibility index (Phi) is 4.29. The van der Waals surface area contributed by atoms with Crippen molar-refractivity contribution >= 4 is 23.4 Å². The van der Waals surface area contributed by atoms with Gasteiger partial charge in [0, 0.05) is 18.1 Å². The number of pyridine rings is 1. The number of aliphatic hydroxyl groups is 1. The van der Waals surface area contributed by atoms with Crippen LogP contribution in [0.25, 0.3) is 0 Å². The Morgan fingerprint density at radius 2 is 2.35 bits per heavy atom. The molecule has 8 heteroatoms. The molecule has 2 aromatic heterocycles. The van der Waals surface area contributed by atoms with E-state index in [0.717, 1.165) is 5.56 Å². The van der Waals surface area contributed by atoms with Crippen LogP contribution in [0.5, 0.6) is 0 Å². The lowest BCUT2D eigenvalue weighted by Gasteiger charge is -2.03. The van der Waals surface area contributed by atoms with Crippen molar-refractivity contribution in [1.82, 2.24) is 25.2 Å². The van der Waals surface area contributed by atoms with Crippen LogP contribution in [-0.4, -0.2) is 36.9 Å². The molecular formula is C9H10ClN5OS. The molecule has 0 fully saturated rings. The lowest BCUT2D eigenvalue weighted by Crippen LogP contribution is -2.05. The Morgan fingerprint density at radius 1 is 1.47 bits per heavy atom. The molecule has 0 aliphatic carbocycles. The van der Waals surface area contributed by atoms with E-state index in [1.54, 1.807) is 17.1 Å². The summed E-state index contributed by atoms with van der Waals surface area (Å²) in [7, 11) is 0. The van der Waals surface area contributed by atoms with Gasteiger partial charge in [-0.05, 0) is 22.1 Å². The highest BCUT2D eigenvalue weighted by atomic mass is 35.5. The summed E-state index contributed by atoms with van der Waals surface area (Å²) in [5.41, 5.74) is 0.977. The van der Waals surface area contributed by atoms with E-state index in [1.807, 2.05) is 6.07 Å². The molecule has 0 atom stereocenters. The summed E-state index contributed by atoms with van der Waals surface area (Å²) in [6.45, 7) is 0.397. The molecule has 17 heavy (non-hydrogen) atoms. The van der Waals surface area contributed by atoms with Crippen LogP contribution in [0.4, 0.5) is 0 Å². The highest BCUT2D eigenvalue weighted by molar-refractivity contribution is 7.98. The second-order valence-electron chi connectivity index (χ2n) is 3.16. The van der Waals surface area contributed by atoms with Crippen molar-refractivity contribution in [3.8, 4) is 0 Å². The standard InChI is InChI=1S/C9H10ClN5OS/c10-8-5-11-2-1-7(8)6-17-9-12-13-14-15(9)3-4-16/h1-2,5,16H,3-4,6H2. The summed E-state index contributed by atoms with van der Waals surface area (Å²) >= 11 is 7.46. The van der Waals surface area contributed by atoms with Crippen LogP contribution in [-0.2, 0) is 12.3 Å². The molecule has 1 N–H and O–H groups in total. The number of aliphatic hydroxyl groups excluding tert-OH is 1. The number of hydrogen-bond acceptors (Lipinski definition) is 6. The van der Waals surface area contributed by atoms with Gasteiger partial charge in [-0.25, -0.2) is 4.68 Å². The first-order valence-electron chi connectivity index (χ1n) is 4.89. The topological polar surface area (TPSA) is 76.7 Å². The third-order valence-corrected chi connectivity index (χ3v) is 3.37. The molecule has 6 nitrogen and oxygen atoms in total. The van der Waals surface area contributed by atoms with Crippen molar-refractivity contribution in [3.63, 3.8) is 0 Å². The van der Waals surface area contributed by atoms with Gasteiger partial charge in [-0.1, -0.05) is 23.4 Å². The number of thioether (sulfide) groups is 1. The summed E-state index contributed by atoms with van der Waals surface area (Å²) in [5.74, 6) is 0.660. The van der Waals surface area contributed by atoms with Crippen molar-refractivity contribution < 1.29 is 5.11 Å². The summed E-state index contributed by atoms with van der Waals surface area (Å²) in [6, 6.07) is 1.86. The van der Waals surface area contributed by atoms with Crippen LogP contribution in [0.2, 0.25) is 5.02 Å². The van der Waals surface area contributed by atoms with E-state index in [0.29, 0.717) is 22.5 Å². The SMILES string of the molecule is OCCn1nnnc1SCc1ccncc1Cl. The monoisotopic (exact) mass is 271 g/mol. The second kappa shape index (κ2) is 5.95. The molecule has 0 aliphatic rings. The number of rotatable bonds is 5. The molecular weight excluding hydrogens is 262 g/mol. The van der Waals surface area contributed by atoms with E-state index < -0.39 is 0 Å². The molecule has 0 unspecified atom stereocenters. The van der Waals surface area contributed by atoms with Crippen molar-refractivity contribution in [3.05, 3.63) is 29.0 Å². The van der Waals surface area contributed by atoms with Gasteiger partial charge in [0.2, 0.25) is 5.16 Å². The van der Waals surface area contributed by atoms with E-state index in [9.17, 15) is 0 Å².